The molecular formula is C38H42Cl4N2O6. The molecular weight excluding hydrogens is 722 g/mol. The molecule has 0 radical (unpaired) electrons. The van der Waals surface area contributed by atoms with E-state index in [-0.39, 0.29) is 39.1 Å². The zero-order chi connectivity index (χ0) is 35.7. The summed E-state index contributed by atoms with van der Waals surface area (Å²) in [5, 5.41) is 34.4. The van der Waals surface area contributed by atoms with Crippen molar-refractivity contribution in [1.82, 2.24) is 10.2 Å². The minimum atomic E-state index is -0.902. The Balaban J connectivity index is 1.30. The van der Waals surface area contributed by atoms with Gasteiger partial charge in [0.2, 0.25) is 0 Å². The average Bonchev–Trinajstić information content (AvgIpc) is 3.54. The van der Waals surface area contributed by atoms with Crippen LogP contribution in [0.1, 0.15) is 36.5 Å². The second-order valence-electron chi connectivity index (χ2n) is 12.7. The highest BCUT2D eigenvalue weighted by atomic mass is 35.5. The predicted octanol–water partition coefficient (Wildman–Crippen LogP) is 7.79. The van der Waals surface area contributed by atoms with Crippen LogP contribution in [0.15, 0.2) is 72.8 Å². The number of nitrogens with one attached hydrogen (secondary N) is 1. The number of β-amino-alcohol motifs (C(OH)–C–C–N with tert-alkyl or cyclic N) is 1. The van der Waals surface area contributed by atoms with Gasteiger partial charge in [0.05, 0.1) is 46.5 Å². The van der Waals surface area contributed by atoms with Crippen LogP contribution in [0.2, 0.25) is 20.1 Å². The number of hydrogen-bond donors (Lipinski definition) is 4. The molecule has 4 N–H and O–H groups in total. The highest BCUT2D eigenvalue weighted by Gasteiger charge is 2.23. The molecule has 1 atom stereocenters. The molecule has 0 saturated carbocycles. The molecule has 0 amide bonds. The molecule has 1 heterocycles. The van der Waals surface area contributed by atoms with Crippen molar-refractivity contribution in [3.8, 4) is 28.4 Å². The molecule has 1 fully saturated rings. The van der Waals surface area contributed by atoms with Crippen molar-refractivity contribution in [2.24, 2.45) is 0 Å². The molecule has 5 rings (SSSR count). The fraction of sp³-hybridized carbons (Fsp3) is 0.368. The SMILES string of the molecule is CC(CO)(CO)NCc1cc(Cl)c(OCc2cccc(-c3cccc(OCCCN4CCC(O)C4)c3Cl)c2Cl)cc1OCc1cccc(Cl)c1. The van der Waals surface area contributed by atoms with E-state index in [1.165, 1.54) is 0 Å². The van der Waals surface area contributed by atoms with Crippen LogP contribution in [0.5, 0.6) is 17.2 Å². The Morgan fingerprint density at radius 2 is 1.52 bits per heavy atom. The van der Waals surface area contributed by atoms with E-state index >= 15 is 0 Å². The van der Waals surface area contributed by atoms with Crippen molar-refractivity contribution in [2.75, 3.05) is 39.5 Å². The molecule has 1 aliphatic rings. The Kier molecular flexibility index (Phi) is 14.0. The highest BCUT2D eigenvalue weighted by molar-refractivity contribution is 6.37. The minimum Gasteiger partial charge on any atom is -0.492 e. The monoisotopic (exact) mass is 762 g/mol. The first-order valence-electron chi connectivity index (χ1n) is 16.5. The molecule has 1 unspecified atom stereocenters. The Labute approximate surface area is 313 Å². The smallest absolute Gasteiger partial charge is 0.142 e. The molecule has 0 spiro atoms. The summed E-state index contributed by atoms with van der Waals surface area (Å²) in [5.74, 6) is 1.48. The van der Waals surface area contributed by atoms with Crippen LogP contribution in [-0.4, -0.2) is 71.3 Å². The molecule has 0 bridgehead atoms. The van der Waals surface area contributed by atoms with E-state index in [0.717, 1.165) is 48.2 Å². The quantitative estimate of drug-likeness (QED) is 0.0809. The third-order valence-corrected chi connectivity index (χ3v) is 10.0. The summed E-state index contributed by atoms with van der Waals surface area (Å²) in [6.07, 6.45) is 1.39. The van der Waals surface area contributed by atoms with Crippen LogP contribution in [0.3, 0.4) is 0 Å². The fourth-order valence-electron chi connectivity index (χ4n) is 5.59. The predicted molar refractivity (Wildman–Crippen MR) is 200 cm³/mol. The highest BCUT2D eigenvalue weighted by Crippen LogP contribution is 2.40. The lowest BCUT2D eigenvalue weighted by Crippen LogP contribution is -2.48. The fourth-order valence-corrected chi connectivity index (χ4v) is 6.61. The van der Waals surface area contributed by atoms with Gasteiger partial charge in [0.1, 0.15) is 30.5 Å². The second-order valence-corrected chi connectivity index (χ2v) is 14.3. The topological polar surface area (TPSA) is 104 Å². The van der Waals surface area contributed by atoms with Gasteiger partial charge in [-0.2, -0.15) is 0 Å². The maximum Gasteiger partial charge on any atom is 0.142 e. The summed E-state index contributed by atoms with van der Waals surface area (Å²) < 4.78 is 18.5. The maximum absolute atomic E-state index is 9.77. The van der Waals surface area contributed by atoms with Crippen molar-refractivity contribution >= 4 is 46.4 Å². The van der Waals surface area contributed by atoms with Crippen molar-refractivity contribution in [3.63, 3.8) is 0 Å². The number of aliphatic hydroxyl groups excluding tert-OH is 3. The Morgan fingerprint density at radius 1 is 0.800 bits per heavy atom. The molecule has 4 aromatic carbocycles. The third-order valence-electron chi connectivity index (χ3n) is 8.64. The van der Waals surface area contributed by atoms with Crippen molar-refractivity contribution < 1.29 is 29.5 Å². The standard InChI is InChI=1S/C38H42Cl4N2O6/c1-38(23-45,24-46)43-19-27-17-32(40)35(18-34(27)49-21-25-6-2-8-28(39)16-25)50-22-26-7-3-9-30(36(26)41)31-10-4-11-33(37(31)42)48-15-5-13-44-14-12-29(47)20-44/h2-4,6-11,16-18,29,43,45-47H,5,12-15,19-24H2,1H3. The number of rotatable bonds is 17. The second kappa shape index (κ2) is 18.1. The van der Waals surface area contributed by atoms with Crippen LogP contribution in [0.25, 0.3) is 11.1 Å². The van der Waals surface area contributed by atoms with E-state index in [1.54, 1.807) is 25.1 Å². The summed E-state index contributed by atoms with van der Waals surface area (Å²) in [5.41, 5.74) is 2.89. The number of halogens is 4. The summed E-state index contributed by atoms with van der Waals surface area (Å²) in [6.45, 7) is 4.79. The average molecular weight is 765 g/mol. The van der Waals surface area contributed by atoms with Crippen LogP contribution in [0, 0.1) is 0 Å². The summed E-state index contributed by atoms with van der Waals surface area (Å²) in [7, 11) is 0. The summed E-state index contributed by atoms with van der Waals surface area (Å²) >= 11 is 26.7. The van der Waals surface area contributed by atoms with Gasteiger partial charge in [-0.1, -0.05) is 88.9 Å². The lowest BCUT2D eigenvalue weighted by atomic mass is 10.0. The van der Waals surface area contributed by atoms with Crippen LogP contribution >= 0.6 is 46.4 Å². The molecule has 8 nitrogen and oxygen atoms in total. The zero-order valence-electron chi connectivity index (χ0n) is 27.8. The van der Waals surface area contributed by atoms with Gasteiger partial charge in [0.15, 0.2) is 0 Å². The Morgan fingerprint density at radius 3 is 2.24 bits per heavy atom. The first kappa shape index (κ1) is 38.5. The largest absolute Gasteiger partial charge is 0.492 e. The lowest BCUT2D eigenvalue weighted by Gasteiger charge is -2.27. The number of aliphatic hydroxyl groups is 3. The third kappa shape index (κ3) is 10.2. The van der Waals surface area contributed by atoms with Gasteiger partial charge < -0.3 is 39.7 Å². The molecule has 4 aromatic rings. The van der Waals surface area contributed by atoms with E-state index in [2.05, 4.69) is 10.2 Å². The van der Waals surface area contributed by atoms with E-state index in [9.17, 15) is 15.3 Å². The molecule has 50 heavy (non-hydrogen) atoms. The van der Waals surface area contributed by atoms with E-state index in [4.69, 9.17) is 60.6 Å². The van der Waals surface area contributed by atoms with Crippen LogP contribution < -0.4 is 19.5 Å². The van der Waals surface area contributed by atoms with Crippen molar-refractivity contribution in [2.45, 2.75) is 51.2 Å². The van der Waals surface area contributed by atoms with Crippen LogP contribution in [0.4, 0.5) is 0 Å². The van der Waals surface area contributed by atoms with Gasteiger partial charge in [0.25, 0.3) is 0 Å². The van der Waals surface area contributed by atoms with Gasteiger partial charge in [-0.15, -0.1) is 0 Å². The van der Waals surface area contributed by atoms with E-state index in [1.807, 2.05) is 54.6 Å². The van der Waals surface area contributed by atoms with Gasteiger partial charge in [0, 0.05) is 59.5 Å². The number of benzene rings is 4. The first-order valence-corrected chi connectivity index (χ1v) is 18.0. The molecule has 0 aromatic heterocycles. The Bertz CT molecular complexity index is 1740. The van der Waals surface area contributed by atoms with E-state index in [0.29, 0.717) is 56.1 Å². The van der Waals surface area contributed by atoms with Gasteiger partial charge >= 0.3 is 0 Å². The minimum absolute atomic E-state index is 0.115. The number of likely N-dealkylation sites (tertiary alicyclic amines) is 1. The van der Waals surface area contributed by atoms with E-state index < -0.39 is 5.54 Å². The Hall–Kier alpha value is -2.76. The number of ether oxygens (including phenoxy) is 3. The number of hydrogen-bond acceptors (Lipinski definition) is 8. The lowest BCUT2D eigenvalue weighted by molar-refractivity contribution is 0.103. The molecule has 0 aliphatic carbocycles. The first-order chi connectivity index (χ1) is 24.1. The van der Waals surface area contributed by atoms with Gasteiger partial charge in [-0.25, -0.2) is 0 Å². The molecule has 268 valence electrons. The zero-order valence-corrected chi connectivity index (χ0v) is 30.8. The normalized spacial score (nSPS) is 15.0. The van der Waals surface area contributed by atoms with Crippen molar-refractivity contribution in [1.29, 1.82) is 0 Å². The van der Waals surface area contributed by atoms with Gasteiger partial charge in [-0.3, -0.25) is 0 Å². The van der Waals surface area contributed by atoms with Crippen LogP contribution in [-0.2, 0) is 19.8 Å². The van der Waals surface area contributed by atoms with Gasteiger partial charge in [-0.05, 0) is 49.6 Å². The number of nitrogens with zero attached hydrogens (tertiary/aromatic N) is 1. The molecule has 12 heteroatoms. The molecule has 1 saturated heterocycles. The summed E-state index contributed by atoms with van der Waals surface area (Å²) in [6, 6.07) is 22.2. The molecule has 1 aliphatic heterocycles. The summed E-state index contributed by atoms with van der Waals surface area (Å²) in [4.78, 5) is 2.24. The maximum atomic E-state index is 9.77. The van der Waals surface area contributed by atoms with Crippen molar-refractivity contribution in [3.05, 3.63) is 110 Å².